The first kappa shape index (κ1) is 15.4. The quantitative estimate of drug-likeness (QED) is 0.660. The summed E-state index contributed by atoms with van der Waals surface area (Å²) in [7, 11) is 1.58. The normalized spacial score (nSPS) is 10.8. The Bertz CT molecular complexity index is 691. The van der Waals surface area contributed by atoms with E-state index in [2.05, 4.69) is 0 Å². The van der Waals surface area contributed by atoms with Gasteiger partial charge < -0.3 is 9.84 Å². The van der Waals surface area contributed by atoms with E-state index in [0.717, 1.165) is 11.3 Å². The van der Waals surface area contributed by atoms with Crippen molar-refractivity contribution in [2.24, 2.45) is 0 Å². The summed E-state index contributed by atoms with van der Waals surface area (Å²) in [5.74, 6) is 0.0795. The van der Waals surface area contributed by atoms with Crippen LogP contribution >= 0.6 is 23.2 Å². The molecular weight excluding hydrogens is 311 g/mol. The van der Waals surface area contributed by atoms with E-state index in [1.807, 2.05) is 12.1 Å². The van der Waals surface area contributed by atoms with Gasteiger partial charge in [-0.05, 0) is 35.9 Å². The molecule has 2 aromatic carbocycles. The Morgan fingerprint density at radius 1 is 1.19 bits per heavy atom. The maximum atomic E-state index is 12.1. The first-order valence-corrected chi connectivity index (χ1v) is 6.81. The van der Waals surface area contributed by atoms with Gasteiger partial charge in [0.05, 0.1) is 17.7 Å². The number of phenols is 1. The van der Waals surface area contributed by atoms with Crippen molar-refractivity contribution in [3.63, 3.8) is 0 Å². The minimum atomic E-state index is -0.382. The van der Waals surface area contributed by atoms with E-state index >= 15 is 0 Å². The van der Waals surface area contributed by atoms with Gasteiger partial charge >= 0.3 is 0 Å². The Balaban J connectivity index is 2.22. The molecule has 2 aromatic rings. The lowest BCUT2D eigenvalue weighted by atomic mass is 10.1. The summed E-state index contributed by atoms with van der Waals surface area (Å²) in [6.45, 7) is 0. The molecule has 0 unspecified atom stereocenters. The summed E-state index contributed by atoms with van der Waals surface area (Å²) in [6.07, 6.45) is 2.99. The van der Waals surface area contributed by atoms with Crippen LogP contribution in [0.3, 0.4) is 0 Å². The average Bonchev–Trinajstić information content (AvgIpc) is 2.49. The number of ketones is 1. The number of carbonyl (C=O) groups excluding carboxylic acids is 1. The van der Waals surface area contributed by atoms with Gasteiger partial charge in [-0.3, -0.25) is 4.79 Å². The van der Waals surface area contributed by atoms with Crippen LogP contribution in [0.4, 0.5) is 0 Å². The number of carbonyl (C=O) groups is 1. The van der Waals surface area contributed by atoms with Gasteiger partial charge in [0, 0.05) is 5.02 Å². The number of halogens is 2. The lowest BCUT2D eigenvalue weighted by molar-refractivity contribution is 0.104. The molecule has 0 saturated heterocycles. The highest BCUT2D eigenvalue weighted by Crippen LogP contribution is 2.31. The molecule has 0 radical (unpaired) electrons. The molecule has 0 atom stereocenters. The first-order chi connectivity index (χ1) is 10.0. The van der Waals surface area contributed by atoms with Crippen molar-refractivity contribution in [2.75, 3.05) is 7.11 Å². The van der Waals surface area contributed by atoms with Gasteiger partial charge in [-0.15, -0.1) is 0 Å². The minimum Gasteiger partial charge on any atom is -0.506 e. The van der Waals surface area contributed by atoms with E-state index in [9.17, 15) is 9.90 Å². The van der Waals surface area contributed by atoms with Crippen molar-refractivity contribution in [1.82, 2.24) is 0 Å². The molecule has 108 valence electrons. The number of methoxy groups -OCH3 is 1. The Labute approximate surface area is 132 Å². The molecule has 0 heterocycles. The Hall–Kier alpha value is -1.97. The van der Waals surface area contributed by atoms with E-state index in [-0.39, 0.29) is 22.1 Å². The largest absolute Gasteiger partial charge is 0.506 e. The number of allylic oxidation sites excluding steroid dienone is 1. The number of phenolic OH excluding ortho intramolecular Hbond substituents is 1. The van der Waals surface area contributed by atoms with Crippen molar-refractivity contribution in [2.45, 2.75) is 0 Å². The third-order valence-corrected chi connectivity index (χ3v) is 3.34. The van der Waals surface area contributed by atoms with Crippen molar-refractivity contribution >= 4 is 35.1 Å². The zero-order valence-corrected chi connectivity index (χ0v) is 12.7. The summed E-state index contributed by atoms with van der Waals surface area (Å²) in [5, 5.41) is 10.1. The Morgan fingerprint density at radius 2 is 1.86 bits per heavy atom. The monoisotopic (exact) mass is 322 g/mol. The fourth-order valence-electron chi connectivity index (χ4n) is 1.73. The highest BCUT2D eigenvalue weighted by molar-refractivity contribution is 6.36. The SMILES string of the molecule is COc1ccc(C=CC(=O)c2cc(Cl)cc(Cl)c2O)cc1. The number of hydrogen-bond donors (Lipinski definition) is 1. The summed E-state index contributed by atoms with van der Waals surface area (Å²) in [5.41, 5.74) is 0.897. The number of rotatable bonds is 4. The van der Waals surface area contributed by atoms with Crippen LogP contribution in [0.15, 0.2) is 42.5 Å². The van der Waals surface area contributed by atoms with Gasteiger partial charge in [0.15, 0.2) is 5.78 Å². The van der Waals surface area contributed by atoms with Crippen LogP contribution in [-0.2, 0) is 0 Å². The molecular formula is C16H12Cl2O3. The van der Waals surface area contributed by atoms with Gasteiger partial charge in [-0.1, -0.05) is 41.4 Å². The van der Waals surface area contributed by atoms with E-state index in [1.165, 1.54) is 18.2 Å². The molecule has 0 amide bonds. The van der Waals surface area contributed by atoms with Crippen LogP contribution in [0.2, 0.25) is 10.0 Å². The van der Waals surface area contributed by atoms with Gasteiger partial charge in [0.2, 0.25) is 0 Å². The van der Waals surface area contributed by atoms with E-state index < -0.39 is 0 Å². The third-order valence-electron chi connectivity index (χ3n) is 2.84. The fraction of sp³-hybridized carbons (Fsp3) is 0.0625. The van der Waals surface area contributed by atoms with Gasteiger partial charge in [-0.2, -0.15) is 0 Å². The zero-order valence-electron chi connectivity index (χ0n) is 11.1. The van der Waals surface area contributed by atoms with Crippen molar-refractivity contribution < 1.29 is 14.6 Å². The predicted octanol–water partition coefficient (Wildman–Crippen LogP) is 4.60. The summed E-state index contributed by atoms with van der Waals surface area (Å²) in [6, 6.07) is 9.96. The molecule has 1 N–H and O–H groups in total. The lowest BCUT2D eigenvalue weighted by Gasteiger charge is -2.04. The second-order valence-corrected chi connectivity index (χ2v) is 5.10. The van der Waals surface area contributed by atoms with E-state index in [4.69, 9.17) is 27.9 Å². The van der Waals surface area contributed by atoms with Gasteiger partial charge in [0.1, 0.15) is 11.5 Å². The number of hydrogen-bond acceptors (Lipinski definition) is 3. The maximum absolute atomic E-state index is 12.1. The predicted molar refractivity (Wildman–Crippen MR) is 84.5 cm³/mol. The molecule has 0 aromatic heterocycles. The van der Waals surface area contributed by atoms with Crippen molar-refractivity contribution in [3.8, 4) is 11.5 Å². The van der Waals surface area contributed by atoms with Crippen LogP contribution in [0.25, 0.3) is 6.08 Å². The van der Waals surface area contributed by atoms with Crippen LogP contribution in [0.5, 0.6) is 11.5 Å². The number of aromatic hydroxyl groups is 1. The molecule has 0 aliphatic rings. The summed E-state index contributed by atoms with van der Waals surface area (Å²) in [4.78, 5) is 12.1. The molecule has 3 nitrogen and oxygen atoms in total. The molecule has 0 saturated carbocycles. The third kappa shape index (κ3) is 3.78. The highest BCUT2D eigenvalue weighted by Gasteiger charge is 2.13. The highest BCUT2D eigenvalue weighted by atomic mass is 35.5. The molecule has 5 heteroatoms. The second-order valence-electron chi connectivity index (χ2n) is 4.25. The van der Waals surface area contributed by atoms with E-state index in [0.29, 0.717) is 5.02 Å². The summed E-state index contributed by atoms with van der Waals surface area (Å²) >= 11 is 11.6. The number of ether oxygens (including phenoxy) is 1. The molecule has 0 fully saturated rings. The standard InChI is InChI=1S/C16H12Cl2O3/c1-21-12-5-2-10(3-6-12)4-7-15(19)13-8-11(17)9-14(18)16(13)20/h2-9,20H,1H3. The lowest BCUT2D eigenvalue weighted by Crippen LogP contribution is -1.95. The molecule has 0 bridgehead atoms. The fourth-order valence-corrected chi connectivity index (χ4v) is 2.22. The Kier molecular flexibility index (Phi) is 4.89. The maximum Gasteiger partial charge on any atom is 0.189 e. The van der Waals surface area contributed by atoms with E-state index in [1.54, 1.807) is 25.3 Å². The van der Waals surface area contributed by atoms with Gasteiger partial charge in [0.25, 0.3) is 0 Å². The topological polar surface area (TPSA) is 46.5 Å². The van der Waals surface area contributed by atoms with Crippen molar-refractivity contribution in [3.05, 3.63) is 63.6 Å². The Morgan fingerprint density at radius 3 is 2.48 bits per heavy atom. The number of benzene rings is 2. The molecule has 21 heavy (non-hydrogen) atoms. The average molecular weight is 323 g/mol. The van der Waals surface area contributed by atoms with Crippen LogP contribution in [-0.4, -0.2) is 18.0 Å². The molecule has 2 rings (SSSR count). The van der Waals surface area contributed by atoms with Gasteiger partial charge in [-0.25, -0.2) is 0 Å². The summed E-state index contributed by atoms with van der Waals surface area (Å²) < 4.78 is 5.05. The molecule has 0 aliphatic carbocycles. The zero-order chi connectivity index (χ0) is 15.4. The second kappa shape index (κ2) is 6.66. The van der Waals surface area contributed by atoms with Crippen molar-refractivity contribution in [1.29, 1.82) is 0 Å². The first-order valence-electron chi connectivity index (χ1n) is 6.05. The van der Waals surface area contributed by atoms with Crippen LogP contribution < -0.4 is 4.74 Å². The molecule has 0 spiro atoms. The minimum absolute atomic E-state index is 0.0451. The van der Waals surface area contributed by atoms with Crippen LogP contribution in [0, 0.1) is 0 Å². The van der Waals surface area contributed by atoms with Crippen LogP contribution in [0.1, 0.15) is 15.9 Å². The molecule has 0 aliphatic heterocycles. The smallest absolute Gasteiger partial charge is 0.189 e.